The quantitative estimate of drug-likeness (QED) is 0.707. The molecule has 5 nitrogen and oxygen atoms in total. The molecular formula is C11H21N3O2. The molecule has 1 aliphatic rings. The zero-order valence-corrected chi connectivity index (χ0v) is 10.1. The fourth-order valence-corrected chi connectivity index (χ4v) is 2.12. The van der Waals surface area contributed by atoms with Crippen molar-refractivity contribution in [2.24, 2.45) is 5.73 Å². The minimum Gasteiger partial charge on any atom is -0.368 e. The van der Waals surface area contributed by atoms with Crippen LogP contribution in [0, 0.1) is 0 Å². The molecule has 2 N–H and O–H groups in total. The molecule has 0 aromatic carbocycles. The first kappa shape index (κ1) is 13.0. The van der Waals surface area contributed by atoms with Gasteiger partial charge in [-0.25, -0.2) is 0 Å². The lowest BCUT2D eigenvalue weighted by atomic mass is 10.2. The number of hydrogen-bond acceptors (Lipinski definition) is 3. The van der Waals surface area contributed by atoms with E-state index in [1.165, 1.54) is 0 Å². The van der Waals surface area contributed by atoms with Crippen LogP contribution in [-0.2, 0) is 9.59 Å². The van der Waals surface area contributed by atoms with Gasteiger partial charge in [-0.05, 0) is 26.3 Å². The summed E-state index contributed by atoms with van der Waals surface area (Å²) in [4.78, 5) is 26.6. The Morgan fingerprint density at radius 1 is 1.38 bits per heavy atom. The van der Waals surface area contributed by atoms with Gasteiger partial charge in [0.1, 0.15) is 0 Å². The fraction of sp³-hybridized carbons (Fsp3) is 0.818. The van der Waals surface area contributed by atoms with Crippen molar-refractivity contribution >= 4 is 11.8 Å². The predicted molar refractivity (Wildman–Crippen MR) is 61.7 cm³/mol. The third kappa shape index (κ3) is 3.20. The first-order chi connectivity index (χ1) is 7.56. The number of likely N-dealkylation sites (tertiary alicyclic amines) is 1. The zero-order chi connectivity index (χ0) is 12.1. The second-order valence-corrected chi connectivity index (χ2v) is 4.33. The van der Waals surface area contributed by atoms with Crippen LogP contribution in [0.1, 0.15) is 26.2 Å². The van der Waals surface area contributed by atoms with Gasteiger partial charge in [0, 0.05) is 13.1 Å². The highest BCUT2D eigenvalue weighted by molar-refractivity contribution is 5.82. The van der Waals surface area contributed by atoms with Crippen LogP contribution < -0.4 is 5.73 Å². The van der Waals surface area contributed by atoms with Crippen LogP contribution in [0.5, 0.6) is 0 Å². The summed E-state index contributed by atoms with van der Waals surface area (Å²) in [6.45, 7) is 3.87. The zero-order valence-electron chi connectivity index (χ0n) is 10.1. The summed E-state index contributed by atoms with van der Waals surface area (Å²) in [5, 5.41) is 0. The van der Waals surface area contributed by atoms with E-state index in [1.54, 1.807) is 11.9 Å². The molecule has 1 fully saturated rings. The van der Waals surface area contributed by atoms with E-state index in [1.807, 2.05) is 11.8 Å². The molecule has 0 spiro atoms. The number of rotatable bonds is 5. The number of hydrogen-bond donors (Lipinski definition) is 1. The lowest BCUT2D eigenvalue weighted by Crippen LogP contribution is -2.47. The Morgan fingerprint density at radius 3 is 2.38 bits per heavy atom. The molecule has 1 heterocycles. The number of amides is 2. The van der Waals surface area contributed by atoms with E-state index in [0.29, 0.717) is 6.42 Å². The maximum Gasteiger partial charge on any atom is 0.236 e. The highest BCUT2D eigenvalue weighted by Gasteiger charge is 2.24. The summed E-state index contributed by atoms with van der Waals surface area (Å²) in [6.07, 6.45) is 2.81. The molecule has 1 aliphatic heterocycles. The Morgan fingerprint density at radius 2 is 1.94 bits per heavy atom. The van der Waals surface area contributed by atoms with Crippen molar-refractivity contribution < 1.29 is 9.59 Å². The van der Waals surface area contributed by atoms with Crippen molar-refractivity contribution in [3.8, 4) is 0 Å². The van der Waals surface area contributed by atoms with Gasteiger partial charge in [0.15, 0.2) is 0 Å². The average molecular weight is 227 g/mol. The maximum absolute atomic E-state index is 11.8. The van der Waals surface area contributed by atoms with Crippen molar-refractivity contribution in [2.45, 2.75) is 32.2 Å². The Hall–Kier alpha value is -1.10. The SMILES string of the molecule is CCC(C(N)=O)N(C)CC(=O)N1CCCC1. The van der Waals surface area contributed by atoms with E-state index < -0.39 is 0 Å². The standard InChI is InChI=1S/C11H21N3O2/c1-3-9(11(12)16)13(2)8-10(15)14-6-4-5-7-14/h9H,3-8H2,1-2H3,(H2,12,16). The van der Waals surface area contributed by atoms with Crippen LogP contribution in [0.15, 0.2) is 0 Å². The third-order valence-corrected chi connectivity index (χ3v) is 3.09. The van der Waals surface area contributed by atoms with Crippen molar-refractivity contribution in [3.05, 3.63) is 0 Å². The molecule has 0 aromatic rings. The summed E-state index contributed by atoms with van der Waals surface area (Å²) in [6, 6.07) is -0.341. The molecule has 0 bridgehead atoms. The molecule has 2 amide bonds. The first-order valence-corrected chi connectivity index (χ1v) is 5.83. The highest BCUT2D eigenvalue weighted by Crippen LogP contribution is 2.09. The minimum absolute atomic E-state index is 0.0969. The molecule has 1 unspecified atom stereocenters. The Kier molecular flexibility index (Phi) is 4.73. The molecule has 0 saturated carbocycles. The van der Waals surface area contributed by atoms with Gasteiger partial charge in [0.25, 0.3) is 0 Å². The highest BCUT2D eigenvalue weighted by atomic mass is 16.2. The van der Waals surface area contributed by atoms with Crippen LogP contribution in [0.2, 0.25) is 0 Å². The molecule has 1 rings (SSSR count). The summed E-state index contributed by atoms with van der Waals surface area (Å²) in [7, 11) is 1.77. The topological polar surface area (TPSA) is 66.6 Å². The predicted octanol–water partition coefficient (Wildman–Crippen LogP) is -0.195. The second kappa shape index (κ2) is 5.84. The molecule has 0 radical (unpaired) electrons. The minimum atomic E-state index is -0.362. The van der Waals surface area contributed by atoms with Gasteiger partial charge in [0.2, 0.25) is 11.8 Å². The average Bonchev–Trinajstić information content (AvgIpc) is 2.70. The maximum atomic E-state index is 11.8. The van der Waals surface area contributed by atoms with Crippen molar-refractivity contribution in [3.63, 3.8) is 0 Å². The van der Waals surface area contributed by atoms with Gasteiger partial charge in [-0.1, -0.05) is 6.92 Å². The molecule has 0 aromatic heterocycles. The summed E-state index contributed by atoms with van der Waals surface area (Å²) in [5.74, 6) is -0.265. The lowest BCUT2D eigenvalue weighted by Gasteiger charge is -2.26. The third-order valence-electron chi connectivity index (χ3n) is 3.09. The van der Waals surface area contributed by atoms with Gasteiger partial charge < -0.3 is 10.6 Å². The van der Waals surface area contributed by atoms with E-state index in [-0.39, 0.29) is 24.4 Å². The van der Waals surface area contributed by atoms with Crippen LogP contribution in [-0.4, -0.2) is 54.3 Å². The van der Waals surface area contributed by atoms with Gasteiger partial charge in [-0.2, -0.15) is 0 Å². The molecular weight excluding hydrogens is 206 g/mol. The van der Waals surface area contributed by atoms with Gasteiger partial charge in [-0.3, -0.25) is 14.5 Å². The summed E-state index contributed by atoms with van der Waals surface area (Å²) >= 11 is 0. The summed E-state index contributed by atoms with van der Waals surface area (Å²) < 4.78 is 0. The Bertz CT molecular complexity index is 262. The summed E-state index contributed by atoms with van der Waals surface area (Å²) in [5.41, 5.74) is 5.27. The van der Waals surface area contributed by atoms with Crippen LogP contribution >= 0.6 is 0 Å². The van der Waals surface area contributed by atoms with Crippen molar-refractivity contribution in [1.29, 1.82) is 0 Å². The molecule has 1 atom stereocenters. The van der Waals surface area contributed by atoms with Gasteiger partial charge in [0.05, 0.1) is 12.6 Å². The lowest BCUT2D eigenvalue weighted by molar-refractivity contribution is -0.132. The van der Waals surface area contributed by atoms with E-state index in [4.69, 9.17) is 5.73 Å². The van der Waals surface area contributed by atoms with Crippen molar-refractivity contribution in [2.75, 3.05) is 26.7 Å². The normalized spacial score (nSPS) is 17.8. The number of nitrogens with two attached hydrogens (primary N) is 1. The molecule has 92 valence electrons. The Labute approximate surface area is 96.6 Å². The van der Waals surface area contributed by atoms with Crippen LogP contribution in [0.3, 0.4) is 0 Å². The van der Waals surface area contributed by atoms with E-state index >= 15 is 0 Å². The van der Waals surface area contributed by atoms with Gasteiger partial charge >= 0.3 is 0 Å². The van der Waals surface area contributed by atoms with E-state index in [2.05, 4.69) is 0 Å². The number of primary amides is 1. The Balaban J connectivity index is 2.45. The number of carbonyl (C=O) groups excluding carboxylic acids is 2. The molecule has 1 saturated heterocycles. The largest absolute Gasteiger partial charge is 0.368 e. The molecule has 5 heteroatoms. The second-order valence-electron chi connectivity index (χ2n) is 4.33. The van der Waals surface area contributed by atoms with Crippen molar-refractivity contribution in [1.82, 2.24) is 9.80 Å². The van der Waals surface area contributed by atoms with Gasteiger partial charge in [-0.15, -0.1) is 0 Å². The molecule has 0 aliphatic carbocycles. The molecule has 16 heavy (non-hydrogen) atoms. The smallest absolute Gasteiger partial charge is 0.236 e. The number of carbonyl (C=O) groups is 2. The van der Waals surface area contributed by atoms with E-state index in [9.17, 15) is 9.59 Å². The van der Waals surface area contributed by atoms with Crippen LogP contribution in [0.4, 0.5) is 0 Å². The fourth-order valence-electron chi connectivity index (χ4n) is 2.12. The number of nitrogens with zero attached hydrogens (tertiary/aromatic N) is 2. The monoisotopic (exact) mass is 227 g/mol. The van der Waals surface area contributed by atoms with E-state index in [0.717, 1.165) is 25.9 Å². The first-order valence-electron chi connectivity index (χ1n) is 5.83. The van der Waals surface area contributed by atoms with Crippen LogP contribution in [0.25, 0.3) is 0 Å². The number of likely N-dealkylation sites (N-methyl/N-ethyl adjacent to an activating group) is 1.